The van der Waals surface area contributed by atoms with Crippen LogP contribution in [0.3, 0.4) is 0 Å². The fraction of sp³-hybridized carbons (Fsp3) is 0.158. The number of thioether (sulfide) groups is 1. The number of benzene rings is 2. The van der Waals surface area contributed by atoms with Crippen molar-refractivity contribution >= 4 is 23.4 Å². The highest BCUT2D eigenvalue weighted by Gasteiger charge is 2.19. The largest absolute Gasteiger partial charge is 0.411 e. The summed E-state index contributed by atoms with van der Waals surface area (Å²) in [5.74, 6) is 0.238. The van der Waals surface area contributed by atoms with Gasteiger partial charge in [0.25, 0.3) is 5.22 Å². The molecule has 0 radical (unpaired) electrons. The summed E-state index contributed by atoms with van der Waals surface area (Å²) in [5.41, 5.74) is 3.16. The number of anilines is 1. The van der Waals surface area contributed by atoms with Crippen LogP contribution in [0, 0.1) is 18.3 Å². The Morgan fingerprint density at radius 1 is 1.15 bits per heavy atom. The summed E-state index contributed by atoms with van der Waals surface area (Å²) in [6, 6.07) is 16.5. The molecule has 1 aromatic heterocycles. The van der Waals surface area contributed by atoms with Crippen LogP contribution in [0.1, 0.15) is 18.1 Å². The molecular formula is C19H16N4O2S. The Hall–Kier alpha value is -3.11. The van der Waals surface area contributed by atoms with Crippen LogP contribution in [0.15, 0.2) is 58.2 Å². The molecule has 3 aromatic rings. The zero-order chi connectivity index (χ0) is 18.5. The first-order valence-corrected chi connectivity index (χ1v) is 8.81. The number of hydrogen-bond acceptors (Lipinski definition) is 6. The standard InChI is InChI=1S/C19H16N4O2S/c1-12-3-7-15(8-4-12)18-22-23-19(25-18)26-13(2)17(24)21-16-9-5-14(11-20)6-10-16/h3-10,13H,1-2H3,(H,21,24)/t13-/m0/s1. The Morgan fingerprint density at radius 2 is 1.85 bits per heavy atom. The van der Waals surface area contributed by atoms with E-state index in [4.69, 9.17) is 9.68 Å². The minimum absolute atomic E-state index is 0.185. The van der Waals surface area contributed by atoms with Gasteiger partial charge in [-0.3, -0.25) is 4.79 Å². The fourth-order valence-corrected chi connectivity index (χ4v) is 2.83. The van der Waals surface area contributed by atoms with Gasteiger partial charge in [0.15, 0.2) is 0 Å². The molecule has 0 fully saturated rings. The van der Waals surface area contributed by atoms with Gasteiger partial charge in [-0.15, -0.1) is 10.2 Å². The first kappa shape index (κ1) is 17.7. The van der Waals surface area contributed by atoms with Crippen molar-refractivity contribution < 1.29 is 9.21 Å². The summed E-state index contributed by atoms with van der Waals surface area (Å²) in [6.07, 6.45) is 0. The van der Waals surface area contributed by atoms with Gasteiger partial charge in [0.1, 0.15) is 0 Å². The topological polar surface area (TPSA) is 91.8 Å². The van der Waals surface area contributed by atoms with E-state index >= 15 is 0 Å². The number of aryl methyl sites for hydroxylation is 1. The van der Waals surface area contributed by atoms with E-state index in [9.17, 15) is 4.79 Å². The molecule has 1 atom stereocenters. The summed E-state index contributed by atoms with van der Waals surface area (Å²) in [4.78, 5) is 12.3. The van der Waals surface area contributed by atoms with Gasteiger partial charge in [-0.05, 0) is 50.2 Å². The maximum atomic E-state index is 12.3. The zero-order valence-electron chi connectivity index (χ0n) is 14.3. The Labute approximate surface area is 155 Å². The molecule has 130 valence electrons. The second-order valence-electron chi connectivity index (χ2n) is 5.68. The van der Waals surface area contributed by atoms with Crippen LogP contribution in [0.25, 0.3) is 11.5 Å². The maximum Gasteiger partial charge on any atom is 0.277 e. The highest BCUT2D eigenvalue weighted by atomic mass is 32.2. The predicted octanol–water partition coefficient (Wildman–Crippen LogP) is 4.04. The summed E-state index contributed by atoms with van der Waals surface area (Å²) >= 11 is 1.19. The number of carbonyl (C=O) groups excluding carboxylic acids is 1. The number of aromatic nitrogens is 2. The number of nitriles is 1. The number of rotatable bonds is 5. The summed E-state index contributed by atoms with van der Waals surface area (Å²) in [7, 11) is 0. The van der Waals surface area contributed by atoms with Gasteiger partial charge < -0.3 is 9.73 Å². The molecule has 0 saturated carbocycles. The van der Waals surface area contributed by atoms with E-state index in [2.05, 4.69) is 15.5 Å². The van der Waals surface area contributed by atoms with Crippen molar-refractivity contribution in [2.75, 3.05) is 5.32 Å². The monoisotopic (exact) mass is 364 g/mol. The Morgan fingerprint density at radius 3 is 2.50 bits per heavy atom. The van der Waals surface area contributed by atoms with Gasteiger partial charge >= 0.3 is 0 Å². The molecular weight excluding hydrogens is 348 g/mol. The third-order valence-corrected chi connectivity index (χ3v) is 4.57. The summed E-state index contributed by atoms with van der Waals surface area (Å²) < 4.78 is 5.64. The predicted molar refractivity (Wildman–Crippen MR) is 99.6 cm³/mol. The molecule has 0 aliphatic carbocycles. The summed E-state index contributed by atoms with van der Waals surface area (Å²) in [6.45, 7) is 3.77. The Bertz CT molecular complexity index is 943. The number of nitrogens with zero attached hydrogens (tertiary/aromatic N) is 3. The van der Waals surface area contributed by atoms with E-state index < -0.39 is 5.25 Å². The lowest BCUT2D eigenvalue weighted by Gasteiger charge is -2.09. The van der Waals surface area contributed by atoms with Crippen molar-refractivity contribution in [3.05, 3.63) is 59.7 Å². The van der Waals surface area contributed by atoms with Crippen LogP contribution < -0.4 is 5.32 Å². The lowest BCUT2D eigenvalue weighted by atomic mass is 10.1. The van der Waals surface area contributed by atoms with Crippen molar-refractivity contribution in [2.45, 2.75) is 24.3 Å². The molecule has 3 rings (SSSR count). The lowest BCUT2D eigenvalue weighted by Crippen LogP contribution is -2.22. The first-order chi connectivity index (χ1) is 12.5. The first-order valence-electron chi connectivity index (χ1n) is 7.93. The van der Waals surface area contributed by atoms with E-state index in [1.807, 2.05) is 37.3 Å². The second kappa shape index (κ2) is 7.85. The molecule has 6 nitrogen and oxygen atoms in total. The molecule has 1 heterocycles. The zero-order valence-corrected chi connectivity index (χ0v) is 15.1. The smallest absolute Gasteiger partial charge is 0.277 e. The van der Waals surface area contributed by atoms with E-state index in [1.165, 1.54) is 11.8 Å². The Balaban J connectivity index is 1.62. The van der Waals surface area contributed by atoms with Crippen molar-refractivity contribution in [3.63, 3.8) is 0 Å². The second-order valence-corrected chi connectivity index (χ2v) is 6.97. The van der Waals surface area contributed by atoms with Crippen molar-refractivity contribution in [3.8, 4) is 17.5 Å². The van der Waals surface area contributed by atoms with E-state index in [-0.39, 0.29) is 5.91 Å². The van der Waals surface area contributed by atoms with Gasteiger partial charge in [0, 0.05) is 11.3 Å². The molecule has 0 aliphatic rings. The maximum absolute atomic E-state index is 12.3. The normalized spacial score (nSPS) is 11.6. The van der Waals surface area contributed by atoms with Crippen LogP contribution in [-0.2, 0) is 4.79 Å². The van der Waals surface area contributed by atoms with Crippen LogP contribution >= 0.6 is 11.8 Å². The lowest BCUT2D eigenvalue weighted by molar-refractivity contribution is -0.115. The van der Waals surface area contributed by atoms with Gasteiger partial charge in [-0.2, -0.15) is 5.26 Å². The quantitative estimate of drug-likeness (QED) is 0.687. The minimum atomic E-state index is -0.419. The average Bonchev–Trinajstić information content (AvgIpc) is 3.11. The van der Waals surface area contributed by atoms with Crippen LogP contribution in [0.4, 0.5) is 5.69 Å². The molecule has 26 heavy (non-hydrogen) atoms. The van der Waals surface area contributed by atoms with Gasteiger partial charge in [0.05, 0.1) is 16.9 Å². The fourth-order valence-electron chi connectivity index (χ4n) is 2.15. The molecule has 1 amide bonds. The third-order valence-electron chi connectivity index (χ3n) is 3.63. The van der Waals surface area contributed by atoms with Crippen molar-refractivity contribution in [2.24, 2.45) is 0 Å². The SMILES string of the molecule is Cc1ccc(-c2nnc(S[C@@H](C)C(=O)Nc3ccc(C#N)cc3)o2)cc1. The molecule has 0 bridgehead atoms. The van der Waals surface area contributed by atoms with Crippen LogP contribution in [0.5, 0.6) is 0 Å². The Kier molecular flexibility index (Phi) is 5.34. The van der Waals surface area contributed by atoms with Gasteiger partial charge in [-0.1, -0.05) is 29.5 Å². The third kappa shape index (κ3) is 4.29. The highest BCUT2D eigenvalue weighted by molar-refractivity contribution is 8.00. The number of carbonyl (C=O) groups is 1. The highest BCUT2D eigenvalue weighted by Crippen LogP contribution is 2.27. The van der Waals surface area contributed by atoms with Gasteiger partial charge in [0.2, 0.25) is 11.8 Å². The number of amides is 1. The minimum Gasteiger partial charge on any atom is -0.411 e. The molecule has 0 spiro atoms. The molecule has 0 aliphatic heterocycles. The van der Waals surface area contributed by atoms with Gasteiger partial charge in [-0.25, -0.2) is 0 Å². The molecule has 0 unspecified atom stereocenters. The molecule has 7 heteroatoms. The van der Waals surface area contributed by atoms with E-state index in [0.29, 0.717) is 22.4 Å². The molecule has 1 N–H and O–H groups in total. The molecule has 2 aromatic carbocycles. The van der Waals surface area contributed by atoms with Crippen LogP contribution in [-0.4, -0.2) is 21.4 Å². The van der Waals surface area contributed by atoms with E-state index in [1.54, 1.807) is 31.2 Å². The summed E-state index contributed by atoms with van der Waals surface area (Å²) in [5, 5.41) is 19.5. The van der Waals surface area contributed by atoms with Crippen molar-refractivity contribution in [1.29, 1.82) is 5.26 Å². The average molecular weight is 364 g/mol. The number of hydrogen-bond donors (Lipinski definition) is 1. The van der Waals surface area contributed by atoms with Crippen molar-refractivity contribution in [1.82, 2.24) is 10.2 Å². The number of nitrogens with one attached hydrogen (secondary N) is 1. The molecule has 0 saturated heterocycles. The van der Waals surface area contributed by atoms with Crippen LogP contribution in [0.2, 0.25) is 0 Å². The van der Waals surface area contributed by atoms with E-state index in [0.717, 1.165) is 11.1 Å².